The molecule has 46 heavy (non-hydrogen) atoms. The number of carbonyl (C=O) groups excluding carboxylic acids is 7. The smallest absolute Gasteiger partial charge is 0.408 e. The standard InChI is InChI=1S/C30H50N4O12/c1-12-15-45-28(41)21(16(2)3)32-24(37)17(4)22(27(40)44-11)33-25(38)23(18(5)35)34(9)20(36)14-13-19(26(39)43-10)31-29(42)46-30(6,7)8/h12,16-19,21-23,35H,1,13-15H2,2-11H3,(H,31,42)(H,32,37)(H,33,38)/t17-,18+,19+,21-,22+,23-/m0/s1. The predicted octanol–water partition coefficient (Wildman–Crippen LogP) is 0.205. The Morgan fingerprint density at radius 2 is 1.39 bits per heavy atom. The summed E-state index contributed by atoms with van der Waals surface area (Å²) in [5.74, 6) is -6.72. The van der Waals surface area contributed by atoms with Gasteiger partial charge in [-0.15, -0.1) is 0 Å². The van der Waals surface area contributed by atoms with E-state index in [0.29, 0.717) is 0 Å². The first kappa shape index (κ1) is 41.8. The second-order valence-corrected chi connectivity index (χ2v) is 11.9. The van der Waals surface area contributed by atoms with Gasteiger partial charge in [0.05, 0.1) is 26.2 Å². The molecule has 0 aliphatic rings. The van der Waals surface area contributed by atoms with Crippen LogP contribution in [0.3, 0.4) is 0 Å². The zero-order chi connectivity index (χ0) is 35.9. The molecule has 262 valence electrons. The summed E-state index contributed by atoms with van der Waals surface area (Å²) in [6.07, 6.45) is -1.62. The minimum atomic E-state index is -1.58. The van der Waals surface area contributed by atoms with E-state index in [1.807, 2.05) is 0 Å². The highest BCUT2D eigenvalue weighted by atomic mass is 16.6. The summed E-state index contributed by atoms with van der Waals surface area (Å²) in [5.41, 5.74) is -0.855. The Balaban J connectivity index is 5.85. The van der Waals surface area contributed by atoms with E-state index in [1.165, 1.54) is 27.0 Å². The van der Waals surface area contributed by atoms with Crippen LogP contribution < -0.4 is 16.0 Å². The molecule has 0 aliphatic carbocycles. The number of nitrogens with one attached hydrogen (secondary N) is 3. The lowest BCUT2D eigenvalue weighted by molar-refractivity contribution is -0.152. The van der Waals surface area contributed by atoms with Gasteiger partial charge >= 0.3 is 24.0 Å². The Morgan fingerprint density at radius 3 is 1.85 bits per heavy atom. The van der Waals surface area contributed by atoms with Crippen molar-refractivity contribution >= 4 is 41.7 Å². The molecule has 0 aromatic heterocycles. The fourth-order valence-electron chi connectivity index (χ4n) is 4.08. The van der Waals surface area contributed by atoms with E-state index in [9.17, 15) is 38.7 Å². The summed E-state index contributed by atoms with van der Waals surface area (Å²) < 4.78 is 19.7. The maximum Gasteiger partial charge on any atom is 0.408 e. The minimum absolute atomic E-state index is 0.0785. The highest BCUT2D eigenvalue weighted by molar-refractivity contribution is 5.95. The van der Waals surface area contributed by atoms with Crippen LogP contribution in [0.25, 0.3) is 0 Å². The van der Waals surface area contributed by atoms with Crippen LogP contribution in [0.5, 0.6) is 0 Å². The Morgan fingerprint density at radius 1 is 0.848 bits per heavy atom. The second kappa shape index (κ2) is 19.3. The second-order valence-electron chi connectivity index (χ2n) is 11.9. The van der Waals surface area contributed by atoms with Crippen molar-refractivity contribution in [3.8, 4) is 0 Å². The van der Waals surface area contributed by atoms with Gasteiger partial charge in [-0.1, -0.05) is 33.4 Å². The van der Waals surface area contributed by atoms with Crippen molar-refractivity contribution in [3.05, 3.63) is 12.7 Å². The van der Waals surface area contributed by atoms with Gasteiger partial charge in [0.25, 0.3) is 0 Å². The molecule has 0 bridgehead atoms. The summed E-state index contributed by atoms with van der Waals surface area (Å²) in [5, 5.41) is 17.7. The number of ether oxygens (including phenoxy) is 4. The SMILES string of the molecule is C=CCOC(=O)[C@@H](NC(=O)[C@@H](C)[C@@H](NC(=O)[C@H]([C@@H](C)O)N(C)C(=O)CC[C@@H](NC(=O)OC(C)(C)C)C(=O)OC)C(=O)OC)C(C)C. The van der Waals surface area contributed by atoms with Gasteiger partial charge in [-0.05, 0) is 40.0 Å². The highest BCUT2D eigenvalue weighted by Crippen LogP contribution is 2.14. The third-order valence-corrected chi connectivity index (χ3v) is 6.59. The van der Waals surface area contributed by atoms with Crippen molar-refractivity contribution in [1.82, 2.24) is 20.9 Å². The maximum atomic E-state index is 13.4. The van der Waals surface area contributed by atoms with Crippen LogP contribution >= 0.6 is 0 Å². The largest absolute Gasteiger partial charge is 0.467 e. The van der Waals surface area contributed by atoms with E-state index < -0.39 is 89.4 Å². The molecule has 0 spiro atoms. The van der Waals surface area contributed by atoms with Gasteiger partial charge in [0, 0.05) is 13.5 Å². The van der Waals surface area contributed by atoms with Gasteiger partial charge in [-0.2, -0.15) is 0 Å². The zero-order valence-corrected chi connectivity index (χ0v) is 28.3. The third kappa shape index (κ3) is 13.8. The molecule has 0 rings (SSSR count). The van der Waals surface area contributed by atoms with Crippen molar-refractivity contribution in [2.45, 2.75) is 97.2 Å². The summed E-state index contributed by atoms with van der Waals surface area (Å²) in [6.45, 7) is 14.2. The van der Waals surface area contributed by atoms with E-state index in [2.05, 4.69) is 22.5 Å². The van der Waals surface area contributed by atoms with Crippen LogP contribution in [0.2, 0.25) is 0 Å². The van der Waals surface area contributed by atoms with Crippen molar-refractivity contribution in [1.29, 1.82) is 0 Å². The normalized spacial score (nSPS) is 15.0. The molecule has 0 radical (unpaired) electrons. The number of carbonyl (C=O) groups is 7. The molecule has 0 aromatic rings. The topological polar surface area (TPSA) is 216 Å². The Kier molecular flexibility index (Phi) is 17.6. The number of likely N-dealkylation sites (N-methyl/N-ethyl adjacent to an activating group) is 1. The van der Waals surface area contributed by atoms with E-state index in [4.69, 9.17) is 18.9 Å². The molecular weight excluding hydrogens is 608 g/mol. The van der Waals surface area contributed by atoms with Gasteiger partial charge in [0.1, 0.15) is 36.4 Å². The first-order chi connectivity index (χ1) is 21.2. The molecule has 16 heteroatoms. The van der Waals surface area contributed by atoms with Crippen LogP contribution in [-0.2, 0) is 47.7 Å². The molecule has 4 amide bonds. The average molecular weight is 659 g/mol. The molecule has 0 unspecified atom stereocenters. The summed E-state index contributed by atoms with van der Waals surface area (Å²) in [6, 6.07) is -5.47. The van der Waals surface area contributed by atoms with Crippen LogP contribution in [-0.4, -0.2) is 115 Å². The number of amides is 4. The fourth-order valence-corrected chi connectivity index (χ4v) is 4.08. The van der Waals surface area contributed by atoms with Gasteiger partial charge in [-0.25, -0.2) is 19.2 Å². The van der Waals surface area contributed by atoms with E-state index >= 15 is 0 Å². The number of methoxy groups -OCH3 is 2. The van der Waals surface area contributed by atoms with E-state index in [0.717, 1.165) is 19.1 Å². The van der Waals surface area contributed by atoms with Crippen LogP contribution in [0.4, 0.5) is 4.79 Å². The van der Waals surface area contributed by atoms with Crippen LogP contribution in [0.15, 0.2) is 12.7 Å². The van der Waals surface area contributed by atoms with Crippen LogP contribution in [0.1, 0.15) is 61.3 Å². The quantitative estimate of drug-likeness (QED) is 0.0937. The first-order valence-electron chi connectivity index (χ1n) is 14.7. The molecule has 0 saturated carbocycles. The van der Waals surface area contributed by atoms with E-state index in [1.54, 1.807) is 34.6 Å². The molecule has 0 aromatic carbocycles. The molecule has 0 aliphatic heterocycles. The number of aliphatic hydroxyl groups excluding tert-OH is 1. The number of rotatable bonds is 17. The van der Waals surface area contributed by atoms with Crippen molar-refractivity contribution in [2.24, 2.45) is 11.8 Å². The molecule has 0 fully saturated rings. The summed E-state index contributed by atoms with van der Waals surface area (Å²) in [7, 11) is 3.37. The summed E-state index contributed by atoms with van der Waals surface area (Å²) in [4.78, 5) is 90.1. The highest BCUT2D eigenvalue weighted by Gasteiger charge is 2.39. The molecular formula is C30H50N4O12. The number of hydrogen-bond donors (Lipinski definition) is 4. The Labute approximate surface area is 269 Å². The van der Waals surface area contributed by atoms with Crippen molar-refractivity contribution < 1.29 is 57.6 Å². The monoisotopic (exact) mass is 658 g/mol. The number of nitrogens with zero attached hydrogens (tertiary/aromatic N) is 1. The first-order valence-corrected chi connectivity index (χ1v) is 14.7. The fraction of sp³-hybridized carbons (Fsp3) is 0.700. The van der Waals surface area contributed by atoms with Gasteiger partial charge in [0.2, 0.25) is 17.7 Å². The molecule has 4 N–H and O–H groups in total. The van der Waals surface area contributed by atoms with Gasteiger partial charge in [0.15, 0.2) is 0 Å². The lowest BCUT2D eigenvalue weighted by atomic mass is 9.97. The zero-order valence-electron chi connectivity index (χ0n) is 28.3. The third-order valence-electron chi connectivity index (χ3n) is 6.59. The number of esters is 3. The number of hydrogen-bond acceptors (Lipinski definition) is 12. The Bertz CT molecular complexity index is 1100. The lowest BCUT2D eigenvalue weighted by Gasteiger charge is -2.32. The maximum absolute atomic E-state index is 13.4. The van der Waals surface area contributed by atoms with Gasteiger partial charge < -0.3 is 44.9 Å². The Hall–Kier alpha value is -4.21. The van der Waals surface area contributed by atoms with Gasteiger partial charge in [-0.3, -0.25) is 14.4 Å². The number of alkyl carbamates (subject to hydrolysis) is 1. The molecule has 0 saturated heterocycles. The van der Waals surface area contributed by atoms with Crippen molar-refractivity contribution in [3.63, 3.8) is 0 Å². The van der Waals surface area contributed by atoms with Crippen molar-refractivity contribution in [2.75, 3.05) is 27.9 Å². The molecule has 6 atom stereocenters. The van der Waals surface area contributed by atoms with E-state index in [-0.39, 0.29) is 19.4 Å². The predicted molar refractivity (Wildman–Crippen MR) is 164 cm³/mol. The summed E-state index contributed by atoms with van der Waals surface area (Å²) >= 11 is 0. The van der Waals surface area contributed by atoms with Crippen LogP contribution in [0, 0.1) is 11.8 Å². The molecule has 16 nitrogen and oxygen atoms in total. The minimum Gasteiger partial charge on any atom is -0.467 e. The molecule has 0 heterocycles. The average Bonchev–Trinajstić information content (AvgIpc) is 2.96. The lowest BCUT2D eigenvalue weighted by Crippen LogP contribution is -2.59. The number of aliphatic hydroxyl groups is 1.